The minimum Gasteiger partial charge on any atom is -0.370 e. The zero-order valence-electron chi connectivity index (χ0n) is 20.8. The summed E-state index contributed by atoms with van der Waals surface area (Å²) in [4.78, 5) is 16.6. The van der Waals surface area contributed by atoms with Crippen molar-refractivity contribution in [3.8, 4) is 11.3 Å². The molecule has 3 aromatic heterocycles. The van der Waals surface area contributed by atoms with Crippen LogP contribution in [-0.4, -0.2) is 81.7 Å². The Bertz CT molecular complexity index is 1390. The predicted octanol–water partition coefficient (Wildman–Crippen LogP) is 5.06. The van der Waals surface area contributed by atoms with Crippen LogP contribution in [-0.2, 0) is 0 Å². The molecule has 1 N–H and O–H groups in total. The molecule has 2 aliphatic heterocycles. The van der Waals surface area contributed by atoms with Crippen molar-refractivity contribution in [1.82, 2.24) is 29.4 Å². The minimum atomic E-state index is 0.450. The molecule has 0 amide bonds. The van der Waals surface area contributed by atoms with Crippen LogP contribution in [0.1, 0.15) is 12.8 Å². The first-order chi connectivity index (χ1) is 18.0. The van der Waals surface area contributed by atoms with Crippen molar-refractivity contribution in [3.05, 3.63) is 65.0 Å². The number of fused-ring (bicyclic) bond motifs is 1. The van der Waals surface area contributed by atoms with Gasteiger partial charge in [0.25, 0.3) is 0 Å². The summed E-state index contributed by atoms with van der Waals surface area (Å²) in [6.07, 6.45) is 7.62. The van der Waals surface area contributed by atoms with E-state index in [0.717, 1.165) is 40.6 Å². The van der Waals surface area contributed by atoms with Gasteiger partial charge in [-0.25, -0.2) is 14.5 Å². The first kappa shape index (κ1) is 24.4. The van der Waals surface area contributed by atoms with Crippen LogP contribution in [0.3, 0.4) is 0 Å². The van der Waals surface area contributed by atoms with Crippen LogP contribution in [0.4, 0.5) is 17.3 Å². The fraction of sp³-hybridized carbons (Fsp3) is 0.370. The van der Waals surface area contributed by atoms with Crippen molar-refractivity contribution in [2.75, 3.05) is 56.5 Å². The summed E-state index contributed by atoms with van der Waals surface area (Å²) in [5.74, 6) is 0.450. The van der Waals surface area contributed by atoms with E-state index in [-0.39, 0.29) is 0 Å². The molecule has 37 heavy (non-hydrogen) atoms. The summed E-state index contributed by atoms with van der Waals surface area (Å²) in [5, 5.41) is 8.88. The van der Waals surface area contributed by atoms with Crippen LogP contribution < -0.4 is 10.2 Å². The summed E-state index contributed by atoms with van der Waals surface area (Å²) >= 11 is 13.2. The largest absolute Gasteiger partial charge is 0.370 e. The van der Waals surface area contributed by atoms with E-state index >= 15 is 0 Å². The van der Waals surface area contributed by atoms with E-state index in [1.54, 1.807) is 16.9 Å². The second-order valence-electron chi connectivity index (χ2n) is 9.83. The number of hydrogen-bond donors (Lipinski definition) is 1. The molecule has 192 valence electrons. The van der Waals surface area contributed by atoms with Crippen LogP contribution in [0.2, 0.25) is 10.0 Å². The molecule has 4 aromatic rings. The molecule has 0 saturated carbocycles. The fourth-order valence-corrected chi connectivity index (χ4v) is 5.86. The van der Waals surface area contributed by atoms with Crippen LogP contribution in [0.15, 0.2) is 55.0 Å². The molecule has 10 heteroatoms. The fourth-order valence-electron chi connectivity index (χ4n) is 5.36. The van der Waals surface area contributed by atoms with Gasteiger partial charge in [-0.05, 0) is 50.2 Å². The molecular weight excluding hydrogens is 507 g/mol. The Balaban J connectivity index is 1.14. The number of piperidine rings is 1. The highest BCUT2D eigenvalue weighted by atomic mass is 35.5. The lowest BCUT2D eigenvalue weighted by Gasteiger charge is -2.42. The number of nitrogens with zero attached hydrogens (tertiary/aromatic N) is 7. The third-order valence-electron chi connectivity index (χ3n) is 7.49. The zero-order valence-corrected chi connectivity index (χ0v) is 22.3. The molecule has 0 spiro atoms. The summed E-state index contributed by atoms with van der Waals surface area (Å²) in [5.41, 5.74) is 4.32. The topological polar surface area (TPSA) is 64.8 Å². The van der Waals surface area contributed by atoms with Gasteiger partial charge in [0, 0.05) is 62.8 Å². The number of piperazine rings is 1. The molecule has 1 aromatic carbocycles. The molecule has 0 radical (unpaired) electrons. The smallest absolute Gasteiger partial charge is 0.227 e. The highest BCUT2D eigenvalue weighted by Crippen LogP contribution is 2.34. The lowest BCUT2D eigenvalue weighted by atomic mass is 10.0. The van der Waals surface area contributed by atoms with Gasteiger partial charge in [0.1, 0.15) is 0 Å². The summed E-state index contributed by atoms with van der Waals surface area (Å²) < 4.78 is 1.80. The number of hydrogen-bond acceptors (Lipinski definition) is 7. The average molecular weight is 537 g/mol. The van der Waals surface area contributed by atoms with Crippen LogP contribution in [0.25, 0.3) is 16.8 Å². The van der Waals surface area contributed by atoms with Gasteiger partial charge in [0.2, 0.25) is 5.95 Å². The number of anilines is 3. The van der Waals surface area contributed by atoms with Crippen molar-refractivity contribution < 1.29 is 0 Å². The highest BCUT2D eigenvalue weighted by Gasteiger charge is 2.27. The molecule has 2 saturated heterocycles. The van der Waals surface area contributed by atoms with Gasteiger partial charge in [-0.2, -0.15) is 5.10 Å². The molecule has 5 heterocycles. The first-order valence-electron chi connectivity index (χ1n) is 12.7. The quantitative estimate of drug-likeness (QED) is 0.382. The predicted molar refractivity (Wildman–Crippen MR) is 150 cm³/mol. The Kier molecular flexibility index (Phi) is 6.90. The maximum atomic E-state index is 6.76. The van der Waals surface area contributed by atoms with E-state index in [1.165, 1.54) is 39.0 Å². The Labute approximate surface area is 226 Å². The SMILES string of the molecule is CN1CCN(C2CCN(c3ccc(Nc4ncc(Cl)c(-c5cnn6ccccc56)n4)cc3Cl)CC2)CC1. The third kappa shape index (κ3) is 5.11. The number of benzene rings is 1. The second-order valence-corrected chi connectivity index (χ2v) is 10.6. The molecule has 0 aliphatic carbocycles. The number of nitrogens with one attached hydrogen (secondary N) is 1. The monoisotopic (exact) mass is 536 g/mol. The van der Waals surface area contributed by atoms with Gasteiger partial charge < -0.3 is 15.1 Å². The number of halogens is 2. The van der Waals surface area contributed by atoms with Gasteiger partial charge in [-0.15, -0.1) is 0 Å². The van der Waals surface area contributed by atoms with Gasteiger partial charge in [-0.1, -0.05) is 29.3 Å². The van der Waals surface area contributed by atoms with E-state index < -0.39 is 0 Å². The Morgan fingerprint density at radius 1 is 0.919 bits per heavy atom. The van der Waals surface area contributed by atoms with E-state index in [9.17, 15) is 0 Å². The summed E-state index contributed by atoms with van der Waals surface area (Å²) in [7, 11) is 2.21. The normalized spacial score (nSPS) is 18.0. The summed E-state index contributed by atoms with van der Waals surface area (Å²) in [6.45, 7) is 6.72. The van der Waals surface area contributed by atoms with E-state index in [4.69, 9.17) is 28.2 Å². The van der Waals surface area contributed by atoms with Gasteiger partial charge in [-0.3, -0.25) is 4.90 Å². The van der Waals surface area contributed by atoms with Crippen LogP contribution in [0, 0.1) is 0 Å². The Morgan fingerprint density at radius 3 is 2.51 bits per heavy atom. The van der Waals surface area contributed by atoms with Crippen LogP contribution >= 0.6 is 23.2 Å². The first-order valence-corrected chi connectivity index (χ1v) is 13.5. The van der Waals surface area contributed by atoms with Crippen LogP contribution in [0.5, 0.6) is 0 Å². The second kappa shape index (κ2) is 10.5. The maximum Gasteiger partial charge on any atom is 0.227 e. The number of pyridine rings is 1. The molecular formula is C27H30Cl2N8. The summed E-state index contributed by atoms with van der Waals surface area (Å²) in [6, 6.07) is 12.6. The number of rotatable bonds is 5. The zero-order chi connectivity index (χ0) is 25.4. The van der Waals surface area contributed by atoms with Crippen molar-refractivity contribution in [2.24, 2.45) is 0 Å². The lowest BCUT2D eigenvalue weighted by molar-refractivity contribution is 0.0982. The van der Waals surface area contributed by atoms with Gasteiger partial charge in [0.15, 0.2) is 0 Å². The third-order valence-corrected chi connectivity index (χ3v) is 8.07. The molecule has 0 atom stereocenters. The molecule has 0 bridgehead atoms. The Morgan fingerprint density at radius 2 is 1.73 bits per heavy atom. The maximum absolute atomic E-state index is 6.76. The molecule has 2 aliphatic rings. The van der Waals surface area contributed by atoms with E-state index in [1.807, 2.05) is 36.5 Å². The van der Waals surface area contributed by atoms with E-state index in [0.29, 0.717) is 22.7 Å². The van der Waals surface area contributed by atoms with Gasteiger partial charge >= 0.3 is 0 Å². The average Bonchev–Trinajstić information content (AvgIpc) is 3.35. The van der Waals surface area contributed by atoms with Gasteiger partial charge in [0.05, 0.1) is 39.3 Å². The Hall–Kier alpha value is -2.91. The highest BCUT2D eigenvalue weighted by molar-refractivity contribution is 6.33. The molecule has 8 nitrogen and oxygen atoms in total. The van der Waals surface area contributed by atoms with Crippen molar-refractivity contribution in [3.63, 3.8) is 0 Å². The van der Waals surface area contributed by atoms with Crippen molar-refractivity contribution in [1.29, 1.82) is 0 Å². The van der Waals surface area contributed by atoms with Crippen molar-refractivity contribution >= 4 is 46.0 Å². The molecule has 0 unspecified atom stereocenters. The molecule has 2 fully saturated rings. The standard InChI is InChI=1S/C27H30Cl2N8/c1-34-12-14-35(15-13-34)20-7-10-36(11-8-20)25-6-5-19(16-22(25)28)32-27-30-18-23(29)26(33-27)21-17-31-37-9-3-2-4-24(21)37/h2-6,9,16-18,20H,7-8,10-15H2,1H3,(H,30,32,33). The van der Waals surface area contributed by atoms with E-state index in [2.05, 4.69) is 43.2 Å². The van der Waals surface area contributed by atoms with Crippen molar-refractivity contribution in [2.45, 2.75) is 18.9 Å². The number of likely N-dealkylation sites (N-methyl/N-ethyl adjacent to an activating group) is 1. The lowest BCUT2D eigenvalue weighted by Crippen LogP contribution is -2.52. The molecule has 6 rings (SSSR count). The number of aromatic nitrogens is 4. The minimum absolute atomic E-state index is 0.450.